The summed E-state index contributed by atoms with van der Waals surface area (Å²) in [4.78, 5) is 36.5. The summed E-state index contributed by atoms with van der Waals surface area (Å²) < 4.78 is 10.4. The summed E-state index contributed by atoms with van der Waals surface area (Å²) in [5.74, 6) is 0.642. The van der Waals surface area contributed by atoms with Crippen molar-refractivity contribution in [3.63, 3.8) is 0 Å². The molecule has 1 N–H and O–H groups in total. The highest BCUT2D eigenvalue weighted by atomic mass is 32.1. The molecular formula is C27H33N5O4S. The fraction of sp³-hybridized carbons (Fsp3) is 0.370. The van der Waals surface area contributed by atoms with Crippen molar-refractivity contribution in [2.24, 2.45) is 0 Å². The minimum absolute atomic E-state index is 0.0712. The molecule has 1 fully saturated rings. The van der Waals surface area contributed by atoms with Gasteiger partial charge >= 0.3 is 6.03 Å². The molecule has 196 valence electrons. The van der Waals surface area contributed by atoms with Crippen molar-refractivity contribution in [3.8, 4) is 5.75 Å². The first-order chi connectivity index (χ1) is 18.0. The van der Waals surface area contributed by atoms with Gasteiger partial charge in [-0.3, -0.25) is 4.79 Å². The van der Waals surface area contributed by atoms with Gasteiger partial charge in [0, 0.05) is 56.6 Å². The molecule has 4 rings (SSSR count). The zero-order chi connectivity index (χ0) is 26.2. The molecule has 2 aromatic carbocycles. The van der Waals surface area contributed by atoms with Crippen LogP contribution in [0.25, 0.3) is 0 Å². The number of piperazine rings is 1. The lowest BCUT2D eigenvalue weighted by Gasteiger charge is -2.36. The van der Waals surface area contributed by atoms with E-state index < -0.39 is 0 Å². The molecule has 10 heteroatoms. The molecule has 3 amide bonds. The molecule has 3 aromatic rings. The molecule has 0 unspecified atom stereocenters. The molecule has 1 saturated heterocycles. The lowest BCUT2D eigenvalue weighted by atomic mass is 10.1. The number of aromatic nitrogens is 1. The summed E-state index contributed by atoms with van der Waals surface area (Å²) in [5, 5.41) is 5.37. The Balaban J connectivity index is 1.35. The maximum Gasteiger partial charge on any atom is 0.322 e. The number of benzene rings is 2. The van der Waals surface area contributed by atoms with Crippen LogP contribution in [-0.4, -0.2) is 80.3 Å². The topological polar surface area (TPSA) is 87.2 Å². The Bertz CT molecular complexity index is 1190. The van der Waals surface area contributed by atoms with Gasteiger partial charge in [0.05, 0.1) is 20.3 Å². The van der Waals surface area contributed by atoms with Crippen LogP contribution in [0.15, 0.2) is 53.9 Å². The van der Waals surface area contributed by atoms with Crippen LogP contribution in [0.3, 0.4) is 0 Å². The van der Waals surface area contributed by atoms with E-state index in [1.54, 1.807) is 48.8 Å². The highest BCUT2D eigenvalue weighted by Gasteiger charge is 2.25. The average molecular weight is 524 g/mol. The molecule has 2 heterocycles. The largest absolute Gasteiger partial charge is 0.497 e. The van der Waals surface area contributed by atoms with Crippen LogP contribution in [0, 0.1) is 6.92 Å². The summed E-state index contributed by atoms with van der Waals surface area (Å²) >= 11 is 1.38. The van der Waals surface area contributed by atoms with Gasteiger partial charge in [0.1, 0.15) is 16.5 Å². The monoisotopic (exact) mass is 523 g/mol. The number of thiazole rings is 1. The molecule has 0 radical (unpaired) electrons. The number of nitrogens with zero attached hydrogens (tertiary/aromatic N) is 4. The Kier molecular flexibility index (Phi) is 8.97. The first-order valence-electron chi connectivity index (χ1n) is 12.2. The van der Waals surface area contributed by atoms with Gasteiger partial charge in [0.25, 0.3) is 5.91 Å². The van der Waals surface area contributed by atoms with E-state index in [-0.39, 0.29) is 18.5 Å². The van der Waals surface area contributed by atoms with Crippen molar-refractivity contribution < 1.29 is 19.1 Å². The van der Waals surface area contributed by atoms with Crippen LogP contribution in [0.2, 0.25) is 0 Å². The quantitative estimate of drug-likeness (QED) is 0.454. The third kappa shape index (κ3) is 6.78. The number of carbonyl (C=O) groups is 2. The summed E-state index contributed by atoms with van der Waals surface area (Å²) in [7, 11) is 3.19. The Morgan fingerprint density at radius 3 is 2.46 bits per heavy atom. The minimum Gasteiger partial charge on any atom is -0.497 e. The minimum atomic E-state index is -0.266. The zero-order valence-electron chi connectivity index (χ0n) is 21.5. The average Bonchev–Trinajstić information content (AvgIpc) is 3.40. The molecule has 1 aromatic heterocycles. The van der Waals surface area contributed by atoms with E-state index in [9.17, 15) is 9.59 Å². The fourth-order valence-electron chi connectivity index (χ4n) is 4.21. The highest BCUT2D eigenvalue weighted by molar-refractivity contribution is 7.09. The number of carbonyl (C=O) groups excluding carboxylic acids is 2. The lowest BCUT2D eigenvalue weighted by Crippen LogP contribution is -2.49. The molecule has 1 aliphatic heterocycles. The zero-order valence-corrected chi connectivity index (χ0v) is 22.3. The number of amides is 3. The lowest BCUT2D eigenvalue weighted by molar-refractivity contribution is 0.0741. The van der Waals surface area contributed by atoms with Crippen LogP contribution in [-0.2, 0) is 11.3 Å². The van der Waals surface area contributed by atoms with Gasteiger partial charge in [-0.1, -0.05) is 18.2 Å². The third-order valence-corrected chi connectivity index (χ3v) is 7.15. The number of rotatable bonds is 9. The van der Waals surface area contributed by atoms with E-state index in [4.69, 9.17) is 9.47 Å². The second kappa shape index (κ2) is 12.6. The molecule has 0 bridgehead atoms. The van der Waals surface area contributed by atoms with E-state index in [1.807, 2.05) is 17.0 Å². The van der Waals surface area contributed by atoms with Crippen LogP contribution in [0.5, 0.6) is 5.75 Å². The van der Waals surface area contributed by atoms with Crippen molar-refractivity contribution in [2.75, 3.05) is 63.8 Å². The van der Waals surface area contributed by atoms with Gasteiger partial charge in [-0.15, -0.1) is 11.3 Å². The van der Waals surface area contributed by atoms with Gasteiger partial charge in [-0.05, 0) is 42.8 Å². The molecule has 0 saturated carbocycles. The number of urea groups is 1. The van der Waals surface area contributed by atoms with Gasteiger partial charge in [0.15, 0.2) is 0 Å². The predicted octanol–water partition coefficient (Wildman–Crippen LogP) is 4.10. The molecule has 0 atom stereocenters. The molecule has 0 spiro atoms. The van der Waals surface area contributed by atoms with E-state index in [0.717, 1.165) is 13.1 Å². The Hall–Kier alpha value is -3.63. The third-order valence-electron chi connectivity index (χ3n) is 6.31. The first-order valence-corrected chi connectivity index (χ1v) is 13.1. The van der Waals surface area contributed by atoms with Gasteiger partial charge in [-0.2, -0.15) is 0 Å². The number of anilines is 2. The Morgan fingerprint density at radius 2 is 1.78 bits per heavy atom. The summed E-state index contributed by atoms with van der Waals surface area (Å²) in [6, 6.07) is 15.2. The number of aryl methyl sites for hydroxylation is 1. The van der Waals surface area contributed by atoms with Crippen molar-refractivity contribution in [1.82, 2.24) is 14.8 Å². The van der Waals surface area contributed by atoms with Gasteiger partial charge < -0.3 is 29.5 Å². The van der Waals surface area contributed by atoms with Crippen molar-refractivity contribution in [3.05, 3.63) is 70.2 Å². The number of hydrogen-bond donors (Lipinski definition) is 1. The van der Waals surface area contributed by atoms with Crippen molar-refractivity contribution in [1.29, 1.82) is 0 Å². The van der Waals surface area contributed by atoms with Crippen LogP contribution in [0.1, 0.15) is 21.1 Å². The molecule has 9 nitrogen and oxygen atoms in total. The summed E-state index contributed by atoms with van der Waals surface area (Å²) in [6.45, 7) is 6.02. The van der Waals surface area contributed by atoms with Crippen LogP contribution < -0.4 is 15.0 Å². The van der Waals surface area contributed by atoms with Crippen LogP contribution >= 0.6 is 11.3 Å². The maximum absolute atomic E-state index is 13.1. The fourth-order valence-corrected chi connectivity index (χ4v) is 4.99. The predicted molar refractivity (Wildman–Crippen MR) is 146 cm³/mol. The molecule has 37 heavy (non-hydrogen) atoms. The number of nitrogens with one attached hydrogen (secondary N) is 1. The number of hydrogen-bond acceptors (Lipinski definition) is 7. The second-order valence-electron chi connectivity index (χ2n) is 8.77. The Morgan fingerprint density at radius 1 is 1.05 bits per heavy atom. The van der Waals surface area contributed by atoms with Gasteiger partial charge in [0.2, 0.25) is 0 Å². The standard InChI is InChI=1S/C27H33N5O4S/c1-20-6-4-5-7-24(20)30-12-14-31(15-13-30)26(33)23-19-37-25(29-23)18-32(16-17-35-2)27(34)28-21-8-10-22(36-3)11-9-21/h4-11,19H,12-18H2,1-3H3,(H,28,34). The van der Waals surface area contributed by atoms with E-state index in [0.29, 0.717) is 48.4 Å². The second-order valence-corrected chi connectivity index (χ2v) is 9.71. The van der Waals surface area contributed by atoms with E-state index in [1.165, 1.54) is 22.6 Å². The summed E-state index contributed by atoms with van der Waals surface area (Å²) in [6.07, 6.45) is 0. The number of ether oxygens (including phenoxy) is 2. The number of para-hydroxylation sites is 1. The molecule has 0 aliphatic carbocycles. The SMILES string of the molecule is COCCN(Cc1nc(C(=O)N2CCN(c3ccccc3C)CC2)cs1)C(=O)Nc1ccc(OC)cc1. The van der Waals surface area contributed by atoms with E-state index >= 15 is 0 Å². The van der Waals surface area contributed by atoms with Crippen molar-refractivity contribution >= 4 is 34.6 Å². The molecule has 1 aliphatic rings. The highest BCUT2D eigenvalue weighted by Crippen LogP contribution is 2.22. The van der Waals surface area contributed by atoms with Gasteiger partial charge in [-0.25, -0.2) is 9.78 Å². The maximum atomic E-state index is 13.1. The first kappa shape index (κ1) is 26.4. The van der Waals surface area contributed by atoms with Crippen molar-refractivity contribution in [2.45, 2.75) is 13.5 Å². The summed E-state index contributed by atoms with van der Waals surface area (Å²) in [5.41, 5.74) is 3.54. The number of methoxy groups -OCH3 is 2. The van der Waals surface area contributed by atoms with Crippen LogP contribution in [0.4, 0.5) is 16.2 Å². The smallest absolute Gasteiger partial charge is 0.322 e. The normalized spacial score (nSPS) is 13.4. The Labute approximate surface area is 221 Å². The van der Waals surface area contributed by atoms with E-state index in [2.05, 4.69) is 34.3 Å². The molecular weight excluding hydrogens is 490 g/mol.